The van der Waals surface area contributed by atoms with Crippen LogP contribution in [0.3, 0.4) is 0 Å². The molecule has 0 unspecified atom stereocenters. The maximum absolute atomic E-state index is 13.6. The second-order valence-electron chi connectivity index (χ2n) is 11.7. The molecule has 0 spiro atoms. The van der Waals surface area contributed by atoms with Crippen LogP contribution in [0, 0.1) is 5.92 Å². The van der Waals surface area contributed by atoms with Crippen LogP contribution >= 0.6 is 0 Å². The van der Waals surface area contributed by atoms with Crippen LogP contribution in [0.15, 0.2) is 36.5 Å². The number of imidazole rings is 1. The third kappa shape index (κ3) is 3.77. The van der Waals surface area contributed by atoms with E-state index in [4.69, 9.17) is 14.5 Å². The van der Waals surface area contributed by atoms with Gasteiger partial charge in [0, 0.05) is 62.0 Å². The van der Waals surface area contributed by atoms with Gasteiger partial charge in [-0.25, -0.2) is 9.97 Å². The zero-order valence-corrected chi connectivity index (χ0v) is 23.3. The Bertz CT molecular complexity index is 1600. The van der Waals surface area contributed by atoms with E-state index in [0.29, 0.717) is 29.3 Å². The maximum atomic E-state index is 13.6. The number of methoxy groups -OCH3 is 2. The van der Waals surface area contributed by atoms with E-state index in [1.165, 1.54) is 0 Å². The highest BCUT2D eigenvalue weighted by Crippen LogP contribution is 2.43. The van der Waals surface area contributed by atoms with Crippen molar-refractivity contribution in [1.82, 2.24) is 29.3 Å². The van der Waals surface area contributed by atoms with E-state index in [0.717, 1.165) is 66.1 Å². The zero-order chi connectivity index (χ0) is 27.1. The molecule has 0 bridgehead atoms. The fourth-order valence-corrected chi connectivity index (χ4v) is 7.03. The number of hydrogen-bond acceptors (Lipinski definition) is 6. The quantitative estimate of drug-likeness (QED) is 0.363. The van der Waals surface area contributed by atoms with E-state index in [9.17, 15) is 4.79 Å². The number of amides is 1. The Balaban J connectivity index is 1.37. The molecule has 7 rings (SSSR count). The van der Waals surface area contributed by atoms with E-state index >= 15 is 0 Å². The highest BCUT2D eigenvalue weighted by Gasteiger charge is 2.51. The van der Waals surface area contributed by atoms with Gasteiger partial charge in [0.15, 0.2) is 5.82 Å². The van der Waals surface area contributed by atoms with Gasteiger partial charge < -0.3 is 28.8 Å². The molecular weight excluding hydrogens is 492 g/mol. The van der Waals surface area contributed by atoms with Crippen LogP contribution in [-0.2, 0) is 17.8 Å². The van der Waals surface area contributed by atoms with Gasteiger partial charge in [-0.2, -0.15) is 0 Å². The molecule has 2 aliphatic heterocycles. The smallest absolute Gasteiger partial charge is 0.254 e. The fourth-order valence-electron chi connectivity index (χ4n) is 7.03. The molecule has 9 nitrogen and oxygen atoms in total. The monoisotopic (exact) mass is 528 g/mol. The molecule has 4 aromatic rings. The van der Waals surface area contributed by atoms with Crippen LogP contribution in [0.4, 0.5) is 0 Å². The Labute approximate surface area is 228 Å². The number of rotatable bonds is 7. The molecule has 1 saturated carbocycles. The summed E-state index contributed by atoms with van der Waals surface area (Å²) in [5.41, 5.74) is 4.21. The standard InChI is InChI=1S/C30H36N6O3/c1-6-34-23(11-19-8-7-9-31-27(19)34)28-33-21-10-20(29(37)35-16-22-25(32-22)17(35)2)12-24(38-4)26(21)36(28)15-18-13-30(3,14-18)39-5/h7-12,17-18,22,25,32H,6,13-16H2,1-5H3/t17-,18-,22-,25+,30+/m1/s1. The highest BCUT2D eigenvalue weighted by molar-refractivity contribution is 6.00. The lowest BCUT2D eigenvalue weighted by atomic mass is 9.72. The topological polar surface area (TPSA) is 96.4 Å². The van der Waals surface area contributed by atoms with Gasteiger partial charge in [-0.3, -0.25) is 4.79 Å². The molecule has 39 heavy (non-hydrogen) atoms. The zero-order valence-electron chi connectivity index (χ0n) is 23.3. The predicted molar refractivity (Wildman–Crippen MR) is 150 cm³/mol. The number of benzene rings is 1. The molecule has 1 amide bonds. The Morgan fingerprint density at radius 2 is 2.03 bits per heavy atom. The lowest BCUT2D eigenvalue weighted by Crippen LogP contribution is -2.44. The van der Waals surface area contributed by atoms with Crippen molar-refractivity contribution in [3.63, 3.8) is 0 Å². The van der Waals surface area contributed by atoms with Crippen LogP contribution in [0.25, 0.3) is 33.6 Å². The maximum Gasteiger partial charge on any atom is 0.254 e. The summed E-state index contributed by atoms with van der Waals surface area (Å²) < 4.78 is 16.2. The summed E-state index contributed by atoms with van der Waals surface area (Å²) in [5.74, 6) is 2.04. The van der Waals surface area contributed by atoms with Crippen molar-refractivity contribution in [1.29, 1.82) is 0 Å². The minimum atomic E-state index is -0.0743. The van der Waals surface area contributed by atoms with Crippen molar-refractivity contribution < 1.29 is 14.3 Å². The molecule has 0 radical (unpaired) electrons. The molecule has 3 atom stereocenters. The van der Waals surface area contributed by atoms with Gasteiger partial charge >= 0.3 is 0 Å². The summed E-state index contributed by atoms with van der Waals surface area (Å²) in [7, 11) is 3.47. The molecule has 5 heterocycles. The van der Waals surface area contributed by atoms with E-state index in [2.05, 4.69) is 52.3 Å². The van der Waals surface area contributed by atoms with Crippen LogP contribution in [0.1, 0.15) is 44.0 Å². The van der Waals surface area contributed by atoms with Gasteiger partial charge in [-0.15, -0.1) is 0 Å². The second kappa shape index (κ2) is 8.79. The molecular formula is C30H36N6O3. The summed E-state index contributed by atoms with van der Waals surface area (Å²) in [5, 5.41) is 4.53. The van der Waals surface area contributed by atoms with Gasteiger partial charge in [0.05, 0.1) is 23.9 Å². The number of aryl methyl sites for hydroxylation is 1. The first-order chi connectivity index (χ1) is 18.8. The van der Waals surface area contributed by atoms with Gasteiger partial charge in [0.1, 0.15) is 16.9 Å². The SMILES string of the molecule is CCn1c(-c2nc3cc(C(=O)N4C[C@H]5N[C@H]5[C@H]4C)cc(OC)c3n2C[C@H]2C[C@@](C)(OC)C2)cc2cccnc21. The number of nitrogens with zero attached hydrogens (tertiary/aromatic N) is 5. The van der Waals surface area contributed by atoms with Crippen LogP contribution in [0.2, 0.25) is 0 Å². The van der Waals surface area contributed by atoms with Crippen LogP contribution < -0.4 is 10.1 Å². The van der Waals surface area contributed by atoms with E-state index in [1.54, 1.807) is 14.2 Å². The minimum Gasteiger partial charge on any atom is -0.494 e. The van der Waals surface area contributed by atoms with Gasteiger partial charge in [-0.1, -0.05) is 0 Å². The average Bonchev–Trinajstić information content (AvgIpc) is 3.31. The number of piperazine rings is 1. The average molecular weight is 529 g/mol. The summed E-state index contributed by atoms with van der Waals surface area (Å²) in [4.78, 5) is 25.5. The third-order valence-electron chi connectivity index (χ3n) is 9.25. The molecule has 1 N–H and O–H groups in total. The third-order valence-corrected chi connectivity index (χ3v) is 9.25. The number of pyridine rings is 1. The largest absolute Gasteiger partial charge is 0.494 e. The summed E-state index contributed by atoms with van der Waals surface area (Å²) in [6.45, 7) is 8.74. The first kappa shape index (κ1) is 24.6. The normalized spacial score (nSPS) is 27.7. The Morgan fingerprint density at radius 1 is 1.21 bits per heavy atom. The molecule has 3 aliphatic rings. The molecule has 3 aromatic heterocycles. The van der Waals surface area contributed by atoms with Gasteiger partial charge in [0.25, 0.3) is 5.91 Å². The molecule has 3 fully saturated rings. The first-order valence-electron chi connectivity index (χ1n) is 14.0. The Morgan fingerprint density at radius 3 is 2.72 bits per heavy atom. The summed E-state index contributed by atoms with van der Waals surface area (Å²) >= 11 is 0. The van der Waals surface area contributed by atoms with E-state index in [1.807, 2.05) is 29.3 Å². The number of aromatic nitrogens is 4. The fraction of sp³-hybridized carbons (Fsp3) is 0.500. The van der Waals surface area contributed by atoms with Crippen LogP contribution in [-0.4, -0.2) is 74.4 Å². The van der Waals surface area contributed by atoms with Gasteiger partial charge in [0.2, 0.25) is 0 Å². The minimum absolute atomic E-state index is 0.0366. The van der Waals surface area contributed by atoms with Crippen molar-refractivity contribution in [3.05, 3.63) is 42.1 Å². The lowest BCUT2D eigenvalue weighted by Gasteiger charge is -2.44. The summed E-state index contributed by atoms with van der Waals surface area (Å²) in [6, 6.07) is 11.1. The number of nitrogens with one attached hydrogen (secondary N) is 1. The van der Waals surface area contributed by atoms with Crippen molar-refractivity contribution in [2.45, 2.75) is 70.4 Å². The van der Waals surface area contributed by atoms with Crippen molar-refractivity contribution in [2.24, 2.45) is 5.92 Å². The van der Waals surface area contributed by atoms with Crippen molar-refractivity contribution in [3.8, 4) is 17.3 Å². The molecule has 9 heteroatoms. The Kier molecular flexibility index (Phi) is 5.55. The molecule has 1 aliphatic carbocycles. The van der Waals surface area contributed by atoms with Gasteiger partial charge in [-0.05, 0) is 69.9 Å². The van der Waals surface area contributed by atoms with E-state index in [-0.39, 0.29) is 17.6 Å². The number of likely N-dealkylation sites (tertiary alicyclic amines) is 1. The van der Waals surface area contributed by atoms with Crippen molar-refractivity contribution in [2.75, 3.05) is 20.8 Å². The Hall–Kier alpha value is -3.43. The lowest BCUT2D eigenvalue weighted by molar-refractivity contribution is -0.0937. The predicted octanol–water partition coefficient (Wildman–Crippen LogP) is 4.08. The molecule has 2 saturated heterocycles. The number of carbonyl (C=O) groups is 1. The number of ether oxygens (including phenoxy) is 2. The number of carbonyl (C=O) groups excluding carboxylic acids is 1. The first-order valence-corrected chi connectivity index (χ1v) is 14.0. The highest BCUT2D eigenvalue weighted by atomic mass is 16.5. The van der Waals surface area contributed by atoms with Crippen LogP contribution in [0.5, 0.6) is 5.75 Å². The number of fused-ring (bicyclic) bond motifs is 3. The number of hydrogen-bond donors (Lipinski definition) is 1. The molecule has 204 valence electrons. The van der Waals surface area contributed by atoms with Crippen molar-refractivity contribution >= 4 is 28.0 Å². The molecule has 1 aromatic carbocycles. The van der Waals surface area contributed by atoms with E-state index < -0.39 is 0 Å². The second-order valence-corrected chi connectivity index (χ2v) is 11.7. The summed E-state index contributed by atoms with van der Waals surface area (Å²) in [6.07, 6.45) is 3.81.